The highest BCUT2D eigenvalue weighted by atomic mass is 16.5. The van der Waals surface area contributed by atoms with Crippen LogP contribution in [-0.4, -0.2) is 42.0 Å². The van der Waals surface area contributed by atoms with Gasteiger partial charge in [-0.3, -0.25) is 4.79 Å². The Morgan fingerprint density at radius 3 is 2.44 bits per heavy atom. The van der Waals surface area contributed by atoms with Crippen LogP contribution in [-0.2, 0) is 4.74 Å². The zero-order chi connectivity index (χ0) is 17.6. The summed E-state index contributed by atoms with van der Waals surface area (Å²) in [5.41, 5.74) is 1.02. The minimum atomic E-state index is -0.507. The van der Waals surface area contributed by atoms with Crippen LogP contribution >= 0.6 is 0 Å². The molecule has 2 aromatic rings. The molecule has 0 atom stereocenters. The van der Waals surface area contributed by atoms with Gasteiger partial charge in [0.1, 0.15) is 0 Å². The maximum Gasteiger partial charge on any atom is 0.339 e. The molecule has 0 spiro atoms. The molecular weight excluding hydrogens is 320 g/mol. The van der Waals surface area contributed by atoms with Gasteiger partial charge in [-0.2, -0.15) is 0 Å². The summed E-state index contributed by atoms with van der Waals surface area (Å²) in [5.74, 6) is -0.236. The number of piperidine rings is 1. The van der Waals surface area contributed by atoms with Gasteiger partial charge < -0.3 is 15.0 Å². The highest BCUT2D eigenvalue weighted by Gasteiger charge is 2.16. The molecule has 1 saturated heterocycles. The molecule has 25 heavy (non-hydrogen) atoms. The molecule has 1 amide bonds. The molecule has 130 valence electrons. The molecule has 3 rings (SSSR count). The van der Waals surface area contributed by atoms with E-state index in [0.717, 1.165) is 25.9 Å². The largest absolute Gasteiger partial charge is 0.465 e. The average Bonchev–Trinajstić information content (AvgIpc) is 2.68. The molecule has 1 aliphatic heterocycles. The maximum atomic E-state index is 12.4. The summed E-state index contributed by atoms with van der Waals surface area (Å²) in [6.07, 6.45) is 6.52. The second-order valence-corrected chi connectivity index (χ2v) is 5.81. The first-order valence-corrected chi connectivity index (χ1v) is 8.24. The Morgan fingerprint density at radius 1 is 1.08 bits per heavy atom. The minimum Gasteiger partial charge on any atom is -0.465 e. The number of carbonyl (C=O) groups is 2. The molecule has 1 aromatic heterocycles. The van der Waals surface area contributed by atoms with E-state index in [1.807, 2.05) is 0 Å². The van der Waals surface area contributed by atoms with Crippen LogP contribution in [0.15, 0.2) is 36.7 Å². The summed E-state index contributed by atoms with van der Waals surface area (Å²) in [4.78, 5) is 34.9. The van der Waals surface area contributed by atoms with E-state index in [1.165, 1.54) is 25.9 Å². The van der Waals surface area contributed by atoms with Crippen molar-refractivity contribution in [1.82, 2.24) is 9.97 Å². The van der Waals surface area contributed by atoms with Crippen molar-refractivity contribution in [3.8, 4) is 0 Å². The molecule has 0 unspecified atom stereocenters. The first kappa shape index (κ1) is 16.9. The molecule has 7 nitrogen and oxygen atoms in total. The topological polar surface area (TPSA) is 84.4 Å². The molecule has 2 heterocycles. The van der Waals surface area contributed by atoms with E-state index in [2.05, 4.69) is 20.2 Å². The standard InChI is InChI=1S/C18H20N4O3/c1-25-17(24)14-7-3-4-8-15(14)21-16(23)13-11-19-18(20-12-13)22-9-5-2-6-10-22/h3-4,7-8,11-12H,2,5-6,9-10H2,1H3,(H,21,23). The highest BCUT2D eigenvalue weighted by molar-refractivity contribution is 6.07. The third-order valence-corrected chi connectivity index (χ3v) is 4.12. The van der Waals surface area contributed by atoms with Crippen molar-refractivity contribution in [2.24, 2.45) is 0 Å². The quantitative estimate of drug-likeness (QED) is 0.861. The van der Waals surface area contributed by atoms with Crippen molar-refractivity contribution in [3.63, 3.8) is 0 Å². The number of hydrogen-bond donors (Lipinski definition) is 1. The Hall–Kier alpha value is -2.96. The normalized spacial score (nSPS) is 14.0. The van der Waals surface area contributed by atoms with Crippen LogP contribution in [0.25, 0.3) is 0 Å². The predicted octanol–water partition coefficient (Wildman–Crippen LogP) is 2.51. The molecule has 1 aromatic carbocycles. The third-order valence-electron chi connectivity index (χ3n) is 4.12. The number of anilines is 2. The van der Waals surface area contributed by atoms with Gasteiger partial charge >= 0.3 is 5.97 Å². The first-order valence-electron chi connectivity index (χ1n) is 8.24. The van der Waals surface area contributed by atoms with Gasteiger partial charge in [0.2, 0.25) is 5.95 Å². The van der Waals surface area contributed by atoms with Gasteiger partial charge in [-0.05, 0) is 31.4 Å². The Balaban J connectivity index is 1.72. The van der Waals surface area contributed by atoms with E-state index in [9.17, 15) is 9.59 Å². The van der Waals surface area contributed by atoms with Crippen molar-refractivity contribution in [2.45, 2.75) is 19.3 Å². The zero-order valence-electron chi connectivity index (χ0n) is 14.1. The predicted molar refractivity (Wildman–Crippen MR) is 93.8 cm³/mol. The summed E-state index contributed by atoms with van der Waals surface area (Å²) < 4.78 is 4.73. The van der Waals surface area contributed by atoms with E-state index in [1.54, 1.807) is 24.3 Å². The van der Waals surface area contributed by atoms with E-state index >= 15 is 0 Å². The molecule has 1 aliphatic rings. The smallest absolute Gasteiger partial charge is 0.339 e. The van der Waals surface area contributed by atoms with Gasteiger partial charge in [-0.1, -0.05) is 12.1 Å². The van der Waals surface area contributed by atoms with Crippen LogP contribution < -0.4 is 10.2 Å². The number of aromatic nitrogens is 2. The van der Waals surface area contributed by atoms with Gasteiger partial charge in [0.15, 0.2) is 0 Å². The number of esters is 1. The number of rotatable bonds is 4. The number of carbonyl (C=O) groups excluding carboxylic acids is 2. The van der Waals surface area contributed by atoms with Gasteiger partial charge in [0, 0.05) is 25.5 Å². The van der Waals surface area contributed by atoms with Crippen molar-refractivity contribution in [1.29, 1.82) is 0 Å². The lowest BCUT2D eigenvalue weighted by molar-refractivity contribution is 0.0602. The maximum absolute atomic E-state index is 12.4. The summed E-state index contributed by atoms with van der Waals surface area (Å²) in [6.45, 7) is 1.89. The minimum absolute atomic E-state index is 0.296. The second-order valence-electron chi connectivity index (χ2n) is 5.81. The van der Waals surface area contributed by atoms with Gasteiger partial charge in [0.25, 0.3) is 5.91 Å². The lowest BCUT2D eigenvalue weighted by Crippen LogP contribution is -2.31. The lowest BCUT2D eigenvalue weighted by Gasteiger charge is -2.26. The Morgan fingerprint density at radius 2 is 1.76 bits per heavy atom. The van der Waals surface area contributed by atoms with Crippen molar-refractivity contribution in [2.75, 3.05) is 30.4 Å². The number of amides is 1. The number of hydrogen-bond acceptors (Lipinski definition) is 6. The van der Waals surface area contributed by atoms with Gasteiger partial charge in [-0.25, -0.2) is 14.8 Å². The molecule has 0 aliphatic carbocycles. The number of methoxy groups -OCH3 is 1. The molecule has 0 bridgehead atoms. The SMILES string of the molecule is COC(=O)c1ccccc1NC(=O)c1cnc(N2CCCCC2)nc1. The van der Waals surface area contributed by atoms with Crippen LogP contribution in [0, 0.1) is 0 Å². The first-order chi connectivity index (χ1) is 12.2. The zero-order valence-corrected chi connectivity index (χ0v) is 14.1. The number of benzene rings is 1. The summed E-state index contributed by atoms with van der Waals surface area (Å²) in [6, 6.07) is 6.68. The van der Waals surface area contributed by atoms with Gasteiger partial charge in [0.05, 0.1) is 23.9 Å². The number of ether oxygens (including phenoxy) is 1. The Labute approximate surface area is 146 Å². The fourth-order valence-corrected chi connectivity index (χ4v) is 2.77. The summed E-state index contributed by atoms with van der Waals surface area (Å²) >= 11 is 0. The molecule has 1 N–H and O–H groups in total. The van der Waals surface area contributed by atoms with Crippen molar-refractivity contribution >= 4 is 23.5 Å². The van der Waals surface area contributed by atoms with Crippen molar-refractivity contribution in [3.05, 3.63) is 47.8 Å². The van der Waals surface area contributed by atoms with E-state index < -0.39 is 5.97 Å². The molecule has 7 heteroatoms. The van der Waals surface area contributed by atoms with Gasteiger partial charge in [-0.15, -0.1) is 0 Å². The third kappa shape index (κ3) is 3.93. The Kier molecular flexibility index (Phi) is 5.23. The van der Waals surface area contributed by atoms with Crippen molar-refractivity contribution < 1.29 is 14.3 Å². The number of nitrogens with zero attached hydrogens (tertiary/aromatic N) is 3. The molecule has 1 fully saturated rings. The number of nitrogens with one attached hydrogen (secondary N) is 1. The monoisotopic (exact) mass is 340 g/mol. The fraction of sp³-hybridized carbons (Fsp3) is 0.333. The van der Waals surface area contributed by atoms with Crippen LogP contribution in [0.4, 0.5) is 11.6 Å². The van der Waals surface area contributed by atoms with Crippen LogP contribution in [0.2, 0.25) is 0 Å². The average molecular weight is 340 g/mol. The van der Waals surface area contributed by atoms with E-state index in [4.69, 9.17) is 4.74 Å². The fourth-order valence-electron chi connectivity index (χ4n) is 2.77. The molecular formula is C18H20N4O3. The summed E-state index contributed by atoms with van der Waals surface area (Å²) in [7, 11) is 1.30. The lowest BCUT2D eigenvalue weighted by atomic mass is 10.1. The van der Waals surface area contributed by atoms with E-state index in [0.29, 0.717) is 22.8 Å². The number of para-hydroxylation sites is 1. The molecule has 0 saturated carbocycles. The summed E-state index contributed by atoms with van der Waals surface area (Å²) in [5, 5.41) is 2.71. The van der Waals surface area contributed by atoms with Crippen LogP contribution in [0.5, 0.6) is 0 Å². The highest BCUT2D eigenvalue weighted by Crippen LogP contribution is 2.18. The van der Waals surface area contributed by atoms with Crippen LogP contribution in [0.1, 0.15) is 40.0 Å². The Bertz CT molecular complexity index is 755. The second kappa shape index (κ2) is 7.74. The van der Waals surface area contributed by atoms with Crippen LogP contribution in [0.3, 0.4) is 0 Å². The molecule has 0 radical (unpaired) electrons. The van der Waals surface area contributed by atoms with E-state index in [-0.39, 0.29) is 5.91 Å².